The van der Waals surface area contributed by atoms with Crippen LogP contribution in [-0.2, 0) is 17.9 Å². The van der Waals surface area contributed by atoms with Crippen LogP contribution < -0.4 is 10.6 Å². The van der Waals surface area contributed by atoms with E-state index in [1.807, 2.05) is 25.1 Å². The first-order chi connectivity index (χ1) is 9.81. The number of aromatic nitrogens is 3. The van der Waals surface area contributed by atoms with Crippen molar-refractivity contribution in [3.63, 3.8) is 0 Å². The third-order valence-corrected chi connectivity index (χ3v) is 2.63. The van der Waals surface area contributed by atoms with E-state index in [4.69, 9.17) is 4.74 Å². The molecule has 2 aromatic rings. The predicted molar refractivity (Wildman–Crippen MR) is 78.5 cm³/mol. The molecule has 0 radical (unpaired) electrons. The van der Waals surface area contributed by atoms with Gasteiger partial charge in [-0.05, 0) is 24.6 Å². The van der Waals surface area contributed by atoms with Crippen molar-refractivity contribution in [3.05, 3.63) is 42.0 Å². The summed E-state index contributed by atoms with van der Waals surface area (Å²) in [6, 6.07) is 5.83. The Hall–Kier alpha value is -2.21. The highest BCUT2D eigenvalue weighted by Gasteiger charge is 2.04. The van der Waals surface area contributed by atoms with Crippen molar-refractivity contribution < 1.29 is 4.74 Å². The molecule has 20 heavy (non-hydrogen) atoms. The first kappa shape index (κ1) is 14.2. The van der Waals surface area contributed by atoms with E-state index in [1.165, 1.54) is 0 Å². The summed E-state index contributed by atoms with van der Waals surface area (Å²) in [7, 11) is 1.63. The van der Waals surface area contributed by atoms with E-state index in [0.29, 0.717) is 19.0 Å². The van der Waals surface area contributed by atoms with Crippen molar-refractivity contribution in [1.82, 2.24) is 15.0 Å². The number of hydrogen-bond acceptors (Lipinski definition) is 6. The zero-order chi connectivity index (χ0) is 14.2. The summed E-state index contributed by atoms with van der Waals surface area (Å²) < 4.78 is 5.09. The first-order valence-corrected chi connectivity index (χ1v) is 6.55. The maximum Gasteiger partial charge on any atom is 0.158 e. The fraction of sp³-hybridized carbons (Fsp3) is 0.357. The normalized spacial score (nSPS) is 10.3. The molecule has 0 bridgehead atoms. The molecule has 0 saturated heterocycles. The number of pyridine rings is 1. The van der Waals surface area contributed by atoms with Crippen molar-refractivity contribution in [3.8, 4) is 0 Å². The SMILES string of the molecule is CCNc1cc(NCc2ccncc2)nc(COC)n1. The van der Waals surface area contributed by atoms with Crippen LogP contribution in [0.1, 0.15) is 18.3 Å². The molecule has 0 amide bonds. The molecule has 0 aromatic carbocycles. The van der Waals surface area contributed by atoms with E-state index >= 15 is 0 Å². The van der Waals surface area contributed by atoms with Gasteiger partial charge in [-0.25, -0.2) is 9.97 Å². The zero-order valence-corrected chi connectivity index (χ0v) is 11.8. The lowest BCUT2D eigenvalue weighted by molar-refractivity contribution is 0.178. The molecule has 2 rings (SSSR count). The van der Waals surface area contributed by atoms with Crippen LogP contribution in [0.4, 0.5) is 11.6 Å². The fourth-order valence-corrected chi connectivity index (χ4v) is 1.75. The highest BCUT2D eigenvalue weighted by molar-refractivity contribution is 5.47. The van der Waals surface area contributed by atoms with Crippen LogP contribution in [0.3, 0.4) is 0 Å². The van der Waals surface area contributed by atoms with Gasteiger partial charge >= 0.3 is 0 Å². The predicted octanol–water partition coefficient (Wildman–Crippen LogP) is 2.06. The van der Waals surface area contributed by atoms with Crippen molar-refractivity contribution in [2.75, 3.05) is 24.3 Å². The quantitative estimate of drug-likeness (QED) is 0.804. The Morgan fingerprint density at radius 2 is 1.80 bits per heavy atom. The monoisotopic (exact) mass is 273 g/mol. The van der Waals surface area contributed by atoms with E-state index < -0.39 is 0 Å². The van der Waals surface area contributed by atoms with E-state index in [9.17, 15) is 0 Å². The zero-order valence-electron chi connectivity index (χ0n) is 11.8. The van der Waals surface area contributed by atoms with Gasteiger partial charge in [-0.1, -0.05) is 0 Å². The molecule has 0 aliphatic rings. The van der Waals surface area contributed by atoms with Gasteiger partial charge in [0.25, 0.3) is 0 Å². The molecule has 2 N–H and O–H groups in total. The fourth-order valence-electron chi connectivity index (χ4n) is 1.75. The Kier molecular flexibility index (Phi) is 5.25. The summed E-state index contributed by atoms with van der Waals surface area (Å²) in [4.78, 5) is 12.8. The number of methoxy groups -OCH3 is 1. The summed E-state index contributed by atoms with van der Waals surface area (Å²) in [5.74, 6) is 2.23. The summed E-state index contributed by atoms with van der Waals surface area (Å²) in [6.07, 6.45) is 3.55. The van der Waals surface area contributed by atoms with Crippen molar-refractivity contribution in [2.24, 2.45) is 0 Å². The second-order valence-corrected chi connectivity index (χ2v) is 4.23. The summed E-state index contributed by atoms with van der Waals surface area (Å²) in [5, 5.41) is 6.47. The molecule has 0 unspecified atom stereocenters. The molecule has 106 valence electrons. The average molecular weight is 273 g/mol. The molecular weight excluding hydrogens is 254 g/mol. The second-order valence-electron chi connectivity index (χ2n) is 4.23. The Bertz CT molecular complexity index is 508. The van der Waals surface area contributed by atoms with Crippen LogP contribution >= 0.6 is 0 Å². The topological polar surface area (TPSA) is 72.0 Å². The summed E-state index contributed by atoms with van der Waals surface area (Å²) in [6.45, 7) is 3.93. The standard InChI is InChI=1S/C14H19N5O/c1-3-16-12-8-13(19-14(18-12)10-20-2)17-9-11-4-6-15-7-5-11/h4-8H,3,9-10H2,1-2H3,(H2,16,17,18,19). The van der Waals surface area contributed by atoms with E-state index in [0.717, 1.165) is 23.7 Å². The molecule has 0 fully saturated rings. The van der Waals surface area contributed by atoms with Gasteiger partial charge in [0.05, 0.1) is 0 Å². The molecule has 0 spiro atoms. The minimum Gasteiger partial charge on any atom is -0.377 e. The van der Waals surface area contributed by atoms with Gasteiger partial charge in [0.1, 0.15) is 18.2 Å². The molecule has 6 heteroatoms. The Morgan fingerprint density at radius 3 is 2.45 bits per heavy atom. The first-order valence-electron chi connectivity index (χ1n) is 6.55. The van der Waals surface area contributed by atoms with Gasteiger partial charge in [0, 0.05) is 38.7 Å². The third kappa shape index (κ3) is 4.17. The van der Waals surface area contributed by atoms with Gasteiger partial charge in [0.2, 0.25) is 0 Å². The number of ether oxygens (including phenoxy) is 1. The highest BCUT2D eigenvalue weighted by atomic mass is 16.5. The molecular formula is C14H19N5O. The Balaban J connectivity index is 2.09. The van der Waals surface area contributed by atoms with Crippen molar-refractivity contribution in [2.45, 2.75) is 20.1 Å². The van der Waals surface area contributed by atoms with E-state index in [-0.39, 0.29) is 0 Å². The lowest BCUT2D eigenvalue weighted by Gasteiger charge is -2.10. The number of anilines is 2. The van der Waals surface area contributed by atoms with Gasteiger partial charge in [-0.2, -0.15) is 0 Å². The Labute approximate surface area is 118 Å². The van der Waals surface area contributed by atoms with Crippen LogP contribution in [0.5, 0.6) is 0 Å². The van der Waals surface area contributed by atoms with Gasteiger partial charge in [-0.3, -0.25) is 4.98 Å². The molecule has 2 heterocycles. The van der Waals surface area contributed by atoms with Gasteiger partial charge in [0.15, 0.2) is 5.82 Å². The van der Waals surface area contributed by atoms with Gasteiger partial charge < -0.3 is 15.4 Å². The second kappa shape index (κ2) is 7.40. The molecule has 0 saturated carbocycles. The maximum atomic E-state index is 5.09. The lowest BCUT2D eigenvalue weighted by atomic mass is 10.3. The number of nitrogens with one attached hydrogen (secondary N) is 2. The van der Waals surface area contributed by atoms with Gasteiger partial charge in [-0.15, -0.1) is 0 Å². The number of rotatable bonds is 7. The average Bonchev–Trinajstić information content (AvgIpc) is 2.47. The number of nitrogens with zero attached hydrogens (tertiary/aromatic N) is 3. The maximum absolute atomic E-state index is 5.09. The van der Waals surface area contributed by atoms with E-state index in [2.05, 4.69) is 25.6 Å². The smallest absolute Gasteiger partial charge is 0.158 e. The molecule has 0 aliphatic heterocycles. The van der Waals surface area contributed by atoms with Crippen molar-refractivity contribution in [1.29, 1.82) is 0 Å². The minimum atomic E-state index is 0.392. The van der Waals surface area contributed by atoms with E-state index in [1.54, 1.807) is 19.5 Å². The van der Waals surface area contributed by atoms with Crippen LogP contribution in [0.25, 0.3) is 0 Å². The summed E-state index contributed by atoms with van der Waals surface area (Å²) >= 11 is 0. The van der Waals surface area contributed by atoms with Crippen LogP contribution in [0.15, 0.2) is 30.6 Å². The van der Waals surface area contributed by atoms with Crippen LogP contribution in [-0.4, -0.2) is 28.6 Å². The molecule has 0 aliphatic carbocycles. The molecule has 2 aromatic heterocycles. The van der Waals surface area contributed by atoms with Crippen LogP contribution in [0, 0.1) is 0 Å². The lowest BCUT2D eigenvalue weighted by Crippen LogP contribution is -2.08. The Morgan fingerprint density at radius 1 is 1.10 bits per heavy atom. The molecule has 6 nitrogen and oxygen atoms in total. The highest BCUT2D eigenvalue weighted by Crippen LogP contribution is 2.13. The minimum absolute atomic E-state index is 0.392. The van der Waals surface area contributed by atoms with Crippen molar-refractivity contribution >= 4 is 11.6 Å². The molecule has 0 atom stereocenters. The van der Waals surface area contributed by atoms with Crippen LogP contribution in [0.2, 0.25) is 0 Å². The third-order valence-electron chi connectivity index (χ3n) is 2.63. The number of hydrogen-bond donors (Lipinski definition) is 2. The largest absolute Gasteiger partial charge is 0.377 e. The summed E-state index contributed by atoms with van der Waals surface area (Å²) in [5.41, 5.74) is 1.15.